The molecule has 1 aromatic heterocycles. The van der Waals surface area contributed by atoms with Gasteiger partial charge in [0, 0.05) is 23.8 Å². The van der Waals surface area contributed by atoms with Crippen molar-refractivity contribution in [2.45, 2.75) is 39.3 Å². The third kappa shape index (κ3) is 4.01. The molecule has 1 N–H and O–H groups in total. The summed E-state index contributed by atoms with van der Waals surface area (Å²) >= 11 is 5.73. The number of rotatable bonds is 7. The number of hydrogen-bond donors (Lipinski definition) is 1. The van der Waals surface area contributed by atoms with Crippen molar-refractivity contribution in [3.63, 3.8) is 0 Å². The number of halogens is 1. The summed E-state index contributed by atoms with van der Waals surface area (Å²) in [4.78, 5) is 0. The molecule has 0 saturated heterocycles. The normalized spacial score (nSPS) is 12.3. The van der Waals surface area contributed by atoms with Gasteiger partial charge in [-0.1, -0.05) is 19.1 Å². The van der Waals surface area contributed by atoms with Gasteiger partial charge in [0.15, 0.2) is 0 Å². The lowest BCUT2D eigenvalue weighted by molar-refractivity contribution is 0.474. The van der Waals surface area contributed by atoms with Gasteiger partial charge in [-0.2, -0.15) is 5.10 Å². The van der Waals surface area contributed by atoms with Gasteiger partial charge in [-0.05, 0) is 43.5 Å². The molecule has 0 aliphatic rings. The molecule has 3 nitrogen and oxygen atoms in total. The fourth-order valence-electron chi connectivity index (χ4n) is 2.00. The van der Waals surface area contributed by atoms with Crippen molar-refractivity contribution in [3.05, 3.63) is 47.8 Å². The van der Waals surface area contributed by atoms with Crippen molar-refractivity contribution >= 4 is 17.3 Å². The van der Waals surface area contributed by atoms with E-state index >= 15 is 0 Å². The van der Waals surface area contributed by atoms with Crippen molar-refractivity contribution in [2.24, 2.45) is 0 Å². The van der Waals surface area contributed by atoms with Gasteiger partial charge in [-0.15, -0.1) is 11.6 Å². The molecule has 2 rings (SSSR count). The summed E-state index contributed by atoms with van der Waals surface area (Å²) in [6.07, 6.45) is 4.06. The van der Waals surface area contributed by atoms with Crippen molar-refractivity contribution in [1.82, 2.24) is 9.78 Å². The fraction of sp³-hybridized carbons (Fsp3) is 0.438. The van der Waals surface area contributed by atoms with E-state index in [4.69, 9.17) is 11.6 Å². The Labute approximate surface area is 126 Å². The Morgan fingerprint density at radius 3 is 2.65 bits per heavy atom. The van der Waals surface area contributed by atoms with Crippen LogP contribution in [0.25, 0.3) is 0 Å². The zero-order chi connectivity index (χ0) is 14.4. The first-order valence-corrected chi connectivity index (χ1v) is 7.69. The lowest BCUT2D eigenvalue weighted by Gasteiger charge is -2.09. The van der Waals surface area contributed by atoms with Crippen LogP contribution in [-0.4, -0.2) is 15.7 Å². The van der Waals surface area contributed by atoms with Crippen molar-refractivity contribution in [2.75, 3.05) is 11.2 Å². The number of anilines is 1. The van der Waals surface area contributed by atoms with Crippen molar-refractivity contribution < 1.29 is 0 Å². The van der Waals surface area contributed by atoms with E-state index in [0.717, 1.165) is 30.8 Å². The summed E-state index contributed by atoms with van der Waals surface area (Å²) in [7, 11) is 0. The molecule has 0 aliphatic heterocycles. The Morgan fingerprint density at radius 2 is 2.00 bits per heavy atom. The van der Waals surface area contributed by atoms with Crippen LogP contribution in [0.15, 0.2) is 36.5 Å². The van der Waals surface area contributed by atoms with Gasteiger partial charge in [0.1, 0.15) is 0 Å². The highest BCUT2D eigenvalue weighted by Gasteiger charge is 2.04. The molecule has 0 bridgehead atoms. The van der Waals surface area contributed by atoms with Crippen LogP contribution in [0.3, 0.4) is 0 Å². The quantitative estimate of drug-likeness (QED) is 0.773. The number of nitrogens with zero attached hydrogens (tertiary/aromatic N) is 2. The predicted molar refractivity (Wildman–Crippen MR) is 85.4 cm³/mol. The van der Waals surface area contributed by atoms with Gasteiger partial charge < -0.3 is 5.32 Å². The van der Waals surface area contributed by atoms with Crippen LogP contribution in [0.1, 0.15) is 37.6 Å². The Kier molecular flexibility index (Phi) is 5.48. The zero-order valence-electron chi connectivity index (χ0n) is 12.1. The molecule has 1 aromatic carbocycles. The average molecular weight is 292 g/mol. The standard InChI is InChI=1S/C16H22ClN3/c1-3-13(2)20-11-9-16(19-20)12-18-15-6-4-14(5-7-15)8-10-17/h4-7,9,11,13,18H,3,8,10,12H2,1-2H3. The number of nitrogens with one attached hydrogen (secondary N) is 1. The first-order chi connectivity index (χ1) is 9.72. The number of aryl methyl sites for hydroxylation is 1. The Morgan fingerprint density at radius 1 is 1.25 bits per heavy atom. The molecular formula is C16H22ClN3. The van der Waals surface area contributed by atoms with Gasteiger partial charge in [0.05, 0.1) is 12.2 Å². The van der Waals surface area contributed by atoms with Crippen LogP contribution in [0, 0.1) is 0 Å². The van der Waals surface area contributed by atoms with E-state index in [1.165, 1.54) is 5.56 Å². The van der Waals surface area contributed by atoms with E-state index < -0.39 is 0 Å². The molecule has 2 aromatic rings. The third-order valence-corrected chi connectivity index (χ3v) is 3.71. The van der Waals surface area contributed by atoms with E-state index in [9.17, 15) is 0 Å². The molecule has 20 heavy (non-hydrogen) atoms. The highest BCUT2D eigenvalue weighted by atomic mass is 35.5. The highest BCUT2D eigenvalue weighted by Crippen LogP contribution is 2.13. The van der Waals surface area contributed by atoms with Gasteiger partial charge in [-0.25, -0.2) is 0 Å². The maximum atomic E-state index is 5.73. The van der Waals surface area contributed by atoms with Crippen molar-refractivity contribution in [1.29, 1.82) is 0 Å². The maximum Gasteiger partial charge on any atom is 0.0815 e. The van der Waals surface area contributed by atoms with Crippen LogP contribution < -0.4 is 5.32 Å². The average Bonchev–Trinajstić information content (AvgIpc) is 2.95. The largest absolute Gasteiger partial charge is 0.379 e. The predicted octanol–water partition coefficient (Wildman–Crippen LogP) is 4.25. The van der Waals surface area contributed by atoms with E-state index in [1.54, 1.807) is 0 Å². The fourth-order valence-corrected chi connectivity index (χ4v) is 2.21. The maximum absolute atomic E-state index is 5.73. The third-order valence-electron chi connectivity index (χ3n) is 3.52. The minimum atomic E-state index is 0.457. The monoisotopic (exact) mass is 291 g/mol. The van der Waals surface area contributed by atoms with E-state index in [1.807, 2.05) is 4.68 Å². The molecule has 4 heteroatoms. The number of aromatic nitrogens is 2. The Balaban J connectivity index is 1.89. The van der Waals surface area contributed by atoms with Crippen LogP contribution in [-0.2, 0) is 13.0 Å². The van der Waals surface area contributed by atoms with E-state index in [-0.39, 0.29) is 0 Å². The molecular weight excluding hydrogens is 270 g/mol. The van der Waals surface area contributed by atoms with Gasteiger partial charge in [-0.3, -0.25) is 4.68 Å². The second-order valence-corrected chi connectivity index (χ2v) is 5.41. The summed E-state index contributed by atoms with van der Waals surface area (Å²) in [5, 5.41) is 7.97. The SMILES string of the molecule is CCC(C)n1ccc(CNc2ccc(CCCl)cc2)n1. The van der Waals surface area contributed by atoms with Crippen molar-refractivity contribution in [3.8, 4) is 0 Å². The molecule has 108 valence electrons. The van der Waals surface area contributed by atoms with Crippen LogP contribution in [0.4, 0.5) is 5.69 Å². The summed E-state index contributed by atoms with van der Waals surface area (Å²) < 4.78 is 2.03. The molecule has 0 saturated carbocycles. The van der Waals surface area contributed by atoms with Gasteiger partial charge in [0.25, 0.3) is 0 Å². The Hall–Kier alpha value is -1.48. The molecule has 0 radical (unpaired) electrons. The van der Waals surface area contributed by atoms with Gasteiger partial charge >= 0.3 is 0 Å². The summed E-state index contributed by atoms with van der Waals surface area (Å²) in [5.74, 6) is 0.666. The molecule has 1 atom stereocenters. The molecule has 1 heterocycles. The van der Waals surface area contributed by atoms with Gasteiger partial charge in [0.2, 0.25) is 0 Å². The minimum Gasteiger partial charge on any atom is -0.379 e. The summed E-state index contributed by atoms with van der Waals surface area (Å²) in [6.45, 7) is 5.10. The first kappa shape index (κ1) is 14.9. The first-order valence-electron chi connectivity index (χ1n) is 7.15. The molecule has 0 aliphatic carbocycles. The van der Waals surface area contributed by atoms with Crippen LogP contribution in [0.5, 0.6) is 0 Å². The second-order valence-electron chi connectivity index (χ2n) is 5.03. The lowest BCUT2D eigenvalue weighted by atomic mass is 10.1. The Bertz CT molecular complexity index is 519. The number of hydrogen-bond acceptors (Lipinski definition) is 2. The van der Waals surface area contributed by atoms with Crippen LogP contribution >= 0.6 is 11.6 Å². The number of alkyl halides is 1. The molecule has 1 unspecified atom stereocenters. The summed E-state index contributed by atoms with van der Waals surface area (Å²) in [5.41, 5.74) is 3.45. The van der Waals surface area contributed by atoms with E-state index in [0.29, 0.717) is 11.9 Å². The number of benzene rings is 1. The highest BCUT2D eigenvalue weighted by molar-refractivity contribution is 6.17. The molecule has 0 amide bonds. The lowest BCUT2D eigenvalue weighted by Crippen LogP contribution is -2.06. The smallest absolute Gasteiger partial charge is 0.0815 e. The summed E-state index contributed by atoms with van der Waals surface area (Å²) in [6, 6.07) is 10.9. The topological polar surface area (TPSA) is 29.9 Å². The zero-order valence-corrected chi connectivity index (χ0v) is 12.9. The van der Waals surface area contributed by atoms with E-state index in [2.05, 4.69) is 60.8 Å². The van der Waals surface area contributed by atoms with Crippen LogP contribution in [0.2, 0.25) is 0 Å². The second kappa shape index (κ2) is 7.34. The molecule has 0 spiro atoms. The minimum absolute atomic E-state index is 0.457. The molecule has 0 fully saturated rings.